The highest BCUT2D eigenvalue weighted by Gasteiger charge is 2.21. The summed E-state index contributed by atoms with van der Waals surface area (Å²) >= 11 is 5.65. The predicted octanol–water partition coefficient (Wildman–Crippen LogP) is 3.23. The highest BCUT2D eigenvalue weighted by molar-refractivity contribution is 6.31. The fourth-order valence-corrected chi connectivity index (χ4v) is 1.67. The summed E-state index contributed by atoms with van der Waals surface area (Å²) in [6.45, 7) is 1.59. The summed E-state index contributed by atoms with van der Waals surface area (Å²) in [5.74, 6) is -0.406. The summed E-state index contributed by atoms with van der Waals surface area (Å²) in [6, 6.07) is 4.21. The van der Waals surface area contributed by atoms with E-state index < -0.39 is 10.6 Å². The number of aryl methyl sites for hydroxylation is 1. The molecule has 0 amide bonds. The number of anilines is 2. The maximum Gasteiger partial charge on any atom is 0.348 e. The van der Waals surface area contributed by atoms with Gasteiger partial charge in [-0.05, 0) is 30.7 Å². The average Bonchev–Trinajstić information content (AvgIpc) is 2.33. The quantitative estimate of drug-likeness (QED) is 0.531. The first-order valence-electron chi connectivity index (χ1n) is 5.17. The van der Waals surface area contributed by atoms with Gasteiger partial charge < -0.3 is 5.32 Å². The third-order valence-electron chi connectivity index (χ3n) is 2.38. The number of nitrogens with zero attached hydrogens (tertiary/aromatic N) is 3. The van der Waals surface area contributed by atoms with Crippen molar-refractivity contribution < 1.29 is 9.31 Å². The molecule has 0 atom stereocenters. The lowest BCUT2D eigenvalue weighted by Crippen LogP contribution is -2.02. The number of aromatic nitrogens is 2. The smallest absolute Gasteiger partial charge is 0.334 e. The van der Waals surface area contributed by atoms with E-state index in [4.69, 9.17) is 11.6 Å². The first-order valence-corrected chi connectivity index (χ1v) is 5.55. The Balaban J connectivity index is 2.40. The van der Waals surface area contributed by atoms with Crippen molar-refractivity contribution in [2.45, 2.75) is 6.92 Å². The molecule has 0 bridgehead atoms. The van der Waals surface area contributed by atoms with Crippen LogP contribution in [-0.4, -0.2) is 14.9 Å². The van der Waals surface area contributed by atoms with Gasteiger partial charge in [0.1, 0.15) is 12.1 Å². The van der Waals surface area contributed by atoms with E-state index in [1.54, 1.807) is 6.92 Å². The molecule has 1 aromatic heterocycles. The van der Waals surface area contributed by atoms with Gasteiger partial charge in [-0.15, -0.1) is 0 Å². The standard InChI is InChI=1S/C11H8ClFN4O2/c1-6-4-7(2-3-8(6)13)16-11-9(17(18)19)10(12)14-5-15-11/h2-5H,1H3,(H,14,15,16). The third-order valence-corrected chi connectivity index (χ3v) is 2.66. The van der Waals surface area contributed by atoms with Crippen LogP contribution >= 0.6 is 11.6 Å². The van der Waals surface area contributed by atoms with Crippen LogP contribution in [0.2, 0.25) is 5.15 Å². The lowest BCUT2D eigenvalue weighted by molar-refractivity contribution is -0.384. The minimum absolute atomic E-state index is 0.0454. The lowest BCUT2D eigenvalue weighted by atomic mass is 10.2. The largest absolute Gasteiger partial charge is 0.348 e. The van der Waals surface area contributed by atoms with Gasteiger partial charge in [-0.25, -0.2) is 14.4 Å². The fraction of sp³-hybridized carbons (Fsp3) is 0.0909. The Labute approximate surface area is 112 Å². The molecule has 1 heterocycles. The lowest BCUT2D eigenvalue weighted by Gasteiger charge is -2.07. The summed E-state index contributed by atoms with van der Waals surface area (Å²) in [7, 11) is 0. The zero-order valence-corrected chi connectivity index (χ0v) is 10.5. The molecule has 6 nitrogen and oxygen atoms in total. The SMILES string of the molecule is Cc1cc(Nc2ncnc(Cl)c2[N+](=O)[O-])ccc1F. The Morgan fingerprint density at radius 2 is 2.16 bits per heavy atom. The van der Waals surface area contributed by atoms with Gasteiger partial charge in [0.25, 0.3) is 0 Å². The molecule has 1 N–H and O–H groups in total. The first kappa shape index (κ1) is 13.2. The number of nitro groups is 1. The van der Waals surface area contributed by atoms with Crippen LogP contribution in [0.1, 0.15) is 5.56 Å². The van der Waals surface area contributed by atoms with E-state index in [2.05, 4.69) is 15.3 Å². The molecule has 0 aliphatic heterocycles. The Kier molecular flexibility index (Phi) is 3.57. The predicted molar refractivity (Wildman–Crippen MR) is 68.1 cm³/mol. The molecule has 0 unspecified atom stereocenters. The van der Waals surface area contributed by atoms with E-state index in [0.29, 0.717) is 11.3 Å². The van der Waals surface area contributed by atoms with E-state index in [1.165, 1.54) is 18.2 Å². The normalized spacial score (nSPS) is 10.3. The maximum absolute atomic E-state index is 13.1. The average molecular weight is 283 g/mol. The van der Waals surface area contributed by atoms with Crippen molar-refractivity contribution in [1.29, 1.82) is 0 Å². The van der Waals surface area contributed by atoms with Gasteiger partial charge >= 0.3 is 5.69 Å². The molecule has 0 fully saturated rings. The molecule has 98 valence electrons. The van der Waals surface area contributed by atoms with Crippen LogP contribution in [0.3, 0.4) is 0 Å². The Bertz CT molecular complexity index is 651. The number of rotatable bonds is 3. The number of hydrogen-bond acceptors (Lipinski definition) is 5. The van der Waals surface area contributed by atoms with Crippen molar-refractivity contribution in [3.8, 4) is 0 Å². The molecule has 0 aliphatic carbocycles. The molecule has 2 rings (SSSR count). The number of benzene rings is 1. The topological polar surface area (TPSA) is 81.0 Å². The molecular weight excluding hydrogens is 275 g/mol. The molecule has 1 aromatic carbocycles. The second kappa shape index (κ2) is 5.15. The molecule has 0 saturated heterocycles. The van der Waals surface area contributed by atoms with Crippen LogP contribution in [0.15, 0.2) is 24.5 Å². The summed E-state index contributed by atoms with van der Waals surface area (Å²) in [4.78, 5) is 17.5. The Hall–Kier alpha value is -2.28. The molecule has 0 radical (unpaired) electrons. The number of nitrogens with one attached hydrogen (secondary N) is 1. The number of halogens is 2. The summed E-state index contributed by atoms with van der Waals surface area (Å²) in [6.07, 6.45) is 1.11. The monoisotopic (exact) mass is 282 g/mol. The molecular formula is C11H8ClFN4O2. The summed E-state index contributed by atoms with van der Waals surface area (Å²) in [5.41, 5.74) is 0.454. The minimum atomic E-state index is -0.680. The molecule has 19 heavy (non-hydrogen) atoms. The summed E-state index contributed by atoms with van der Waals surface area (Å²) < 4.78 is 13.1. The van der Waals surface area contributed by atoms with Crippen LogP contribution in [0.4, 0.5) is 21.6 Å². The van der Waals surface area contributed by atoms with Crippen molar-refractivity contribution in [3.05, 3.63) is 51.2 Å². The van der Waals surface area contributed by atoms with Gasteiger partial charge in [0.05, 0.1) is 4.92 Å². The fourth-order valence-electron chi connectivity index (χ4n) is 1.47. The zero-order valence-electron chi connectivity index (χ0n) is 9.72. The van der Waals surface area contributed by atoms with Crippen LogP contribution in [-0.2, 0) is 0 Å². The first-order chi connectivity index (χ1) is 8.99. The second-order valence-corrected chi connectivity index (χ2v) is 4.07. The summed E-state index contributed by atoms with van der Waals surface area (Å²) in [5, 5.41) is 13.4. The highest BCUT2D eigenvalue weighted by atomic mass is 35.5. The van der Waals surface area contributed by atoms with Crippen molar-refractivity contribution in [2.75, 3.05) is 5.32 Å². The van der Waals surface area contributed by atoms with Gasteiger partial charge in [-0.2, -0.15) is 0 Å². The van der Waals surface area contributed by atoms with Gasteiger partial charge in [-0.1, -0.05) is 11.6 Å². The Morgan fingerprint density at radius 1 is 1.42 bits per heavy atom. The highest BCUT2D eigenvalue weighted by Crippen LogP contribution is 2.30. The molecule has 8 heteroatoms. The molecule has 0 spiro atoms. The van der Waals surface area contributed by atoms with Crippen LogP contribution in [0.5, 0.6) is 0 Å². The van der Waals surface area contributed by atoms with Crippen molar-refractivity contribution in [1.82, 2.24) is 9.97 Å². The van der Waals surface area contributed by atoms with E-state index in [9.17, 15) is 14.5 Å². The minimum Gasteiger partial charge on any atom is -0.334 e. The molecule has 0 aliphatic rings. The van der Waals surface area contributed by atoms with Gasteiger partial charge in [-0.3, -0.25) is 10.1 Å². The zero-order chi connectivity index (χ0) is 14.0. The van der Waals surface area contributed by atoms with E-state index in [-0.39, 0.29) is 16.8 Å². The van der Waals surface area contributed by atoms with E-state index in [1.807, 2.05) is 0 Å². The van der Waals surface area contributed by atoms with Crippen LogP contribution in [0.25, 0.3) is 0 Å². The van der Waals surface area contributed by atoms with Gasteiger partial charge in [0, 0.05) is 5.69 Å². The van der Waals surface area contributed by atoms with Gasteiger partial charge in [0.15, 0.2) is 0 Å². The number of hydrogen-bond donors (Lipinski definition) is 1. The van der Waals surface area contributed by atoms with Crippen LogP contribution in [0, 0.1) is 22.9 Å². The van der Waals surface area contributed by atoms with E-state index >= 15 is 0 Å². The van der Waals surface area contributed by atoms with Crippen LogP contribution < -0.4 is 5.32 Å². The van der Waals surface area contributed by atoms with E-state index in [0.717, 1.165) is 6.33 Å². The molecule has 0 saturated carbocycles. The van der Waals surface area contributed by atoms with Crippen molar-refractivity contribution >= 4 is 28.8 Å². The van der Waals surface area contributed by atoms with Crippen molar-refractivity contribution in [2.24, 2.45) is 0 Å². The van der Waals surface area contributed by atoms with Crippen molar-refractivity contribution in [3.63, 3.8) is 0 Å². The maximum atomic E-state index is 13.1. The molecule has 2 aromatic rings. The van der Waals surface area contributed by atoms with Gasteiger partial charge in [0.2, 0.25) is 11.0 Å². The second-order valence-electron chi connectivity index (χ2n) is 3.71. The third kappa shape index (κ3) is 2.76. The Morgan fingerprint density at radius 3 is 2.79 bits per heavy atom.